The van der Waals surface area contributed by atoms with Gasteiger partial charge in [0.25, 0.3) is 5.91 Å². The summed E-state index contributed by atoms with van der Waals surface area (Å²) in [5.74, 6) is -2.14. The topological polar surface area (TPSA) is 92.2 Å². The normalized spacial score (nSPS) is 10.7. The SMILES string of the molecule is CCc1ccccc1NC(=O)C(=O)Nn1c(C(=O)Nc2ccc(C)cc2)cc2cc(Br)ccc21. The van der Waals surface area contributed by atoms with Crippen molar-refractivity contribution in [1.29, 1.82) is 0 Å². The Morgan fingerprint density at radius 2 is 1.62 bits per heavy atom. The van der Waals surface area contributed by atoms with Crippen LogP contribution in [0.1, 0.15) is 28.5 Å². The third-order valence-electron chi connectivity index (χ3n) is 5.37. The van der Waals surface area contributed by atoms with Gasteiger partial charge < -0.3 is 10.6 Å². The number of para-hydroxylation sites is 1. The molecule has 0 saturated heterocycles. The van der Waals surface area contributed by atoms with Gasteiger partial charge in [-0.15, -0.1) is 0 Å². The molecule has 3 amide bonds. The molecule has 34 heavy (non-hydrogen) atoms. The summed E-state index contributed by atoms with van der Waals surface area (Å²) in [7, 11) is 0. The van der Waals surface area contributed by atoms with Gasteiger partial charge in [0.15, 0.2) is 0 Å². The summed E-state index contributed by atoms with van der Waals surface area (Å²) in [5, 5.41) is 6.21. The molecule has 0 aliphatic rings. The van der Waals surface area contributed by atoms with Crippen LogP contribution in [0.15, 0.2) is 77.3 Å². The lowest BCUT2D eigenvalue weighted by molar-refractivity contribution is -0.133. The van der Waals surface area contributed by atoms with E-state index >= 15 is 0 Å². The molecule has 7 nitrogen and oxygen atoms in total. The molecule has 4 rings (SSSR count). The molecule has 0 radical (unpaired) electrons. The number of aromatic nitrogens is 1. The maximum Gasteiger partial charge on any atom is 0.328 e. The summed E-state index contributed by atoms with van der Waals surface area (Å²) in [6, 6.07) is 21.7. The van der Waals surface area contributed by atoms with Crippen LogP contribution in [-0.4, -0.2) is 22.4 Å². The summed E-state index contributed by atoms with van der Waals surface area (Å²) in [6.45, 7) is 3.93. The number of carbonyl (C=O) groups excluding carboxylic acids is 3. The van der Waals surface area contributed by atoms with Crippen LogP contribution in [0.5, 0.6) is 0 Å². The molecular weight excluding hydrogens is 496 g/mol. The predicted molar refractivity (Wildman–Crippen MR) is 138 cm³/mol. The first kappa shape index (κ1) is 23.3. The molecule has 3 aromatic carbocycles. The lowest BCUT2D eigenvalue weighted by atomic mass is 10.1. The molecule has 4 aromatic rings. The van der Waals surface area contributed by atoms with Crippen LogP contribution in [0.4, 0.5) is 11.4 Å². The number of benzene rings is 3. The number of carbonyl (C=O) groups is 3. The molecule has 172 valence electrons. The minimum atomic E-state index is -0.893. The van der Waals surface area contributed by atoms with E-state index in [9.17, 15) is 14.4 Å². The van der Waals surface area contributed by atoms with Crippen molar-refractivity contribution in [3.05, 3.63) is 94.1 Å². The van der Waals surface area contributed by atoms with E-state index in [1.165, 1.54) is 4.68 Å². The third kappa shape index (κ3) is 5.02. The number of rotatable bonds is 5. The highest BCUT2D eigenvalue weighted by atomic mass is 79.9. The molecule has 0 spiro atoms. The molecule has 0 unspecified atom stereocenters. The Labute approximate surface area is 205 Å². The number of anilines is 2. The molecule has 8 heteroatoms. The van der Waals surface area contributed by atoms with Crippen LogP contribution in [0, 0.1) is 6.92 Å². The average molecular weight is 519 g/mol. The van der Waals surface area contributed by atoms with Gasteiger partial charge in [0.2, 0.25) is 0 Å². The zero-order valence-corrected chi connectivity index (χ0v) is 20.3. The fourth-order valence-corrected chi connectivity index (χ4v) is 3.97. The van der Waals surface area contributed by atoms with Crippen LogP contribution in [0.2, 0.25) is 0 Å². The molecule has 0 fully saturated rings. The summed E-state index contributed by atoms with van der Waals surface area (Å²) < 4.78 is 2.15. The summed E-state index contributed by atoms with van der Waals surface area (Å²) in [4.78, 5) is 38.6. The van der Waals surface area contributed by atoms with Crippen molar-refractivity contribution in [2.75, 3.05) is 16.1 Å². The Bertz CT molecular complexity index is 1390. The van der Waals surface area contributed by atoms with Crippen molar-refractivity contribution in [3.8, 4) is 0 Å². The van der Waals surface area contributed by atoms with Gasteiger partial charge in [0, 0.05) is 21.2 Å². The Morgan fingerprint density at radius 3 is 2.35 bits per heavy atom. The molecule has 0 aliphatic heterocycles. The molecule has 0 atom stereocenters. The van der Waals surface area contributed by atoms with E-state index in [1.54, 1.807) is 42.5 Å². The number of amides is 3. The minimum absolute atomic E-state index is 0.184. The molecule has 1 heterocycles. The van der Waals surface area contributed by atoms with Crippen molar-refractivity contribution in [1.82, 2.24) is 4.68 Å². The van der Waals surface area contributed by atoms with Gasteiger partial charge >= 0.3 is 11.8 Å². The van der Waals surface area contributed by atoms with E-state index in [4.69, 9.17) is 0 Å². The highest BCUT2D eigenvalue weighted by molar-refractivity contribution is 9.10. The van der Waals surface area contributed by atoms with Crippen molar-refractivity contribution in [3.63, 3.8) is 0 Å². The molecule has 0 saturated carbocycles. The van der Waals surface area contributed by atoms with Crippen LogP contribution < -0.4 is 16.1 Å². The second-order valence-corrected chi connectivity index (χ2v) is 8.71. The van der Waals surface area contributed by atoms with E-state index < -0.39 is 17.7 Å². The van der Waals surface area contributed by atoms with Crippen LogP contribution in [0.3, 0.4) is 0 Å². The van der Waals surface area contributed by atoms with Gasteiger partial charge in [0.1, 0.15) is 5.69 Å². The van der Waals surface area contributed by atoms with Gasteiger partial charge in [-0.1, -0.05) is 58.7 Å². The standard InChI is InChI=1S/C26H23BrN4O3/c1-3-17-6-4-5-7-21(17)29-25(33)26(34)30-31-22-13-10-19(27)14-18(22)15-23(31)24(32)28-20-11-8-16(2)9-12-20/h4-15H,3H2,1-2H3,(H,28,32)(H,29,33)(H,30,34). The van der Waals surface area contributed by atoms with Gasteiger partial charge in [-0.2, -0.15) is 0 Å². The van der Waals surface area contributed by atoms with Crippen LogP contribution in [-0.2, 0) is 16.0 Å². The van der Waals surface area contributed by atoms with Gasteiger partial charge in [-0.05, 0) is 61.4 Å². The number of aryl methyl sites for hydroxylation is 2. The van der Waals surface area contributed by atoms with Crippen molar-refractivity contribution in [2.45, 2.75) is 20.3 Å². The second-order valence-electron chi connectivity index (χ2n) is 7.79. The van der Waals surface area contributed by atoms with Gasteiger partial charge in [-0.3, -0.25) is 19.8 Å². The fraction of sp³-hybridized carbons (Fsp3) is 0.115. The van der Waals surface area contributed by atoms with Gasteiger partial charge in [-0.25, -0.2) is 4.68 Å². The largest absolute Gasteiger partial charge is 0.328 e. The Balaban J connectivity index is 1.62. The molecular formula is C26H23BrN4O3. The number of nitrogens with one attached hydrogen (secondary N) is 3. The monoisotopic (exact) mass is 518 g/mol. The van der Waals surface area contributed by atoms with Crippen LogP contribution >= 0.6 is 15.9 Å². The first-order valence-corrected chi connectivity index (χ1v) is 11.5. The smallest absolute Gasteiger partial charge is 0.321 e. The molecule has 0 bridgehead atoms. The number of hydrogen-bond donors (Lipinski definition) is 3. The quantitative estimate of drug-likeness (QED) is 0.315. The Morgan fingerprint density at radius 1 is 0.882 bits per heavy atom. The number of hydrogen-bond acceptors (Lipinski definition) is 3. The lowest BCUT2D eigenvalue weighted by Gasteiger charge is -2.14. The fourth-order valence-electron chi connectivity index (χ4n) is 3.59. The summed E-state index contributed by atoms with van der Waals surface area (Å²) in [6.07, 6.45) is 0.707. The zero-order chi connectivity index (χ0) is 24.2. The average Bonchev–Trinajstić information content (AvgIpc) is 3.18. The highest BCUT2D eigenvalue weighted by Crippen LogP contribution is 2.24. The third-order valence-corrected chi connectivity index (χ3v) is 5.86. The first-order valence-electron chi connectivity index (χ1n) is 10.7. The lowest BCUT2D eigenvalue weighted by Crippen LogP contribution is -2.36. The summed E-state index contributed by atoms with van der Waals surface area (Å²) in [5.41, 5.74) is 6.51. The number of nitrogens with zero attached hydrogens (tertiary/aromatic N) is 1. The predicted octanol–water partition coefficient (Wildman–Crippen LogP) is 5.24. The molecule has 1 aromatic heterocycles. The van der Waals surface area contributed by atoms with Crippen LogP contribution in [0.25, 0.3) is 10.9 Å². The van der Waals surface area contributed by atoms with Gasteiger partial charge in [0.05, 0.1) is 5.52 Å². The Hall–Kier alpha value is -3.91. The molecule has 0 aliphatic carbocycles. The van der Waals surface area contributed by atoms with Crippen molar-refractivity contribution in [2.24, 2.45) is 0 Å². The number of fused-ring (bicyclic) bond motifs is 1. The first-order chi connectivity index (χ1) is 16.4. The maximum absolute atomic E-state index is 13.1. The second kappa shape index (κ2) is 9.93. The number of halogens is 1. The zero-order valence-electron chi connectivity index (χ0n) is 18.7. The maximum atomic E-state index is 13.1. The van der Waals surface area contributed by atoms with E-state index in [0.29, 0.717) is 23.3 Å². The Kier molecular flexibility index (Phi) is 6.79. The summed E-state index contributed by atoms with van der Waals surface area (Å²) >= 11 is 3.43. The minimum Gasteiger partial charge on any atom is -0.321 e. The molecule has 3 N–H and O–H groups in total. The van der Waals surface area contributed by atoms with E-state index in [1.807, 2.05) is 44.2 Å². The van der Waals surface area contributed by atoms with E-state index in [-0.39, 0.29) is 5.69 Å². The van der Waals surface area contributed by atoms with Crippen molar-refractivity contribution < 1.29 is 14.4 Å². The van der Waals surface area contributed by atoms with E-state index in [2.05, 4.69) is 32.0 Å². The van der Waals surface area contributed by atoms with Crippen molar-refractivity contribution >= 4 is 55.9 Å². The highest BCUT2D eigenvalue weighted by Gasteiger charge is 2.21. The van der Waals surface area contributed by atoms with E-state index in [0.717, 1.165) is 21.0 Å².